The molecule has 0 bridgehead atoms. The predicted molar refractivity (Wildman–Crippen MR) is 110 cm³/mol. The highest BCUT2D eigenvalue weighted by Gasteiger charge is 2.28. The third kappa shape index (κ3) is 3.73. The van der Waals surface area contributed by atoms with E-state index in [9.17, 15) is 14.4 Å². The van der Waals surface area contributed by atoms with Gasteiger partial charge in [-0.05, 0) is 31.2 Å². The van der Waals surface area contributed by atoms with Crippen molar-refractivity contribution in [1.82, 2.24) is 19.6 Å². The molecule has 30 heavy (non-hydrogen) atoms. The number of furan rings is 1. The highest BCUT2D eigenvalue weighted by molar-refractivity contribution is 6.32. The van der Waals surface area contributed by atoms with Crippen LogP contribution in [-0.4, -0.2) is 57.6 Å². The van der Waals surface area contributed by atoms with Gasteiger partial charge in [0.2, 0.25) is 5.43 Å². The first kappa shape index (κ1) is 19.9. The van der Waals surface area contributed by atoms with Gasteiger partial charge in [0.15, 0.2) is 11.5 Å². The summed E-state index contributed by atoms with van der Waals surface area (Å²) in [5, 5.41) is 4.76. The summed E-state index contributed by atoms with van der Waals surface area (Å²) in [6.07, 6.45) is 1.44. The van der Waals surface area contributed by atoms with Gasteiger partial charge in [0.05, 0.1) is 17.0 Å². The van der Waals surface area contributed by atoms with Crippen molar-refractivity contribution in [3.63, 3.8) is 0 Å². The van der Waals surface area contributed by atoms with Crippen LogP contribution in [-0.2, 0) is 0 Å². The van der Waals surface area contributed by atoms with Gasteiger partial charge in [0, 0.05) is 37.9 Å². The molecule has 1 fully saturated rings. The number of halogens is 1. The standard InChI is InChI=1S/C21H19ClN4O4/c1-14-13-17(27)19(23-26(14)16-6-3-2-5-15(16)22)21(29)25-10-8-24(9-11-25)20(28)18-7-4-12-30-18/h2-7,12-13H,8-11H2,1H3. The number of para-hydroxylation sites is 1. The number of amides is 2. The molecule has 154 valence electrons. The number of hydrogen-bond donors (Lipinski definition) is 0. The molecule has 1 aliphatic heterocycles. The van der Waals surface area contributed by atoms with E-state index in [1.807, 2.05) is 0 Å². The van der Waals surface area contributed by atoms with Gasteiger partial charge in [-0.2, -0.15) is 5.10 Å². The first-order valence-corrected chi connectivity index (χ1v) is 9.81. The Morgan fingerprint density at radius 1 is 1.00 bits per heavy atom. The molecule has 9 heteroatoms. The van der Waals surface area contributed by atoms with Crippen LogP contribution in [0.1, 0.15) is 26.7 Å². The van der Waals surface area contributed by atoms with E-state index in [1.165, 1.54) is 21.9 Å². The van der Waals surface area contributed by atoms with Gasteiger partial charge in [0.1, 0.15) is 0 Å². The SMILES string of the molecule is Cc1cc(=O)c(C(=O)N2CCN(C(=O)c3ccco3)CC2)nn1-c1ccccc1Cl. The Bertz CT molecular complexity index is 1150. The molecule has 3 heterocycles. The average Bonchev–Trinajstić information content (AvgIpc) is 3.29. The number of hydrogen-bond acceptors (Lipinski definition) is 5. The van der Waals surface area contributed by atoms with Crippen LogP contribution in [0.25, 0.3) is 5.69 Å². The maximum absolute atomic E-state index is 13.0. The molecule has 0 radical (unpaired) electrons. The van der Waals surface area contributed by atoms with Gasteiger partial charge in [-0.15, -0.1) is 0 Å². The van der Waals surface area contributed by atoms with E-state index in [2.05, 4.69) is 5.10 Å². The van der Waals surface area contributed by atoms with Gasteiger partial charge in [0.25, 0.3) is 11.8 Å². The molecule has 0 aliphatic carbocycles. The molecule has 0 N–H and O–H groups in total. The number of nitrogens with zero attached hydrogens (tertiary/aromatic N) is 4. The van der Waals surface area contributed by atoms with Gasteiger partial charge in [-0.25, -0.2) is 4.68 Å². The lowest BCUT2D eigenvalue weighted by Gasteiger charge is -2.34. The van der Waals surface area contributed by atoms with Crippen molar-refractivity contribution in [3.8, 4) is 5.69 Å². The largest absolute Gasteiger partial charge is 0.459 e. The van der Waals surface area contributed by atoms with E-state index in [1.54, 1.807) is 48.2 Å². The molecule has 2 aromatic heterocycles. The Morgan fingerprint density at radius 3 is 2.30 bits per heavy atom. The third-order valence-electron chi connectivity index (χ3n) is 4.98. The van der Waals surface area contributed by atoms with Crippen molar-refractivity contribution in [2.75, 3.05) is 26.2 Å². The molecule has 0 unspecified atom stereocenters. The highest BCUT2D eigenvalue weighted by Crippen LogP contribution is 2.20. The minimum Gasteiger partial charge on any atom is -0.459 e. The molecular weight excluding hydrogens is 408 g/mol. The summed E-state index contributed by atoms with van der Waals surface area (Å²) < 4.78 is 6.64. The zero-order chi connectivity index (χ0) is 21.3. The summed E-state index contributed by atoms with van der Waals surface area (Å²) in [5.74, 6) is -0.426. The van der Waals surface area contributed by atoms with Crippen LogP contribution in [0.2, 0.25) is 5.02 Å². The average molecular weight is 427 g/mol. The van der Waals surface area contributed by atoms with Crippen molar-refractivity contribution in [3.05, 3.63) is 81.1 Å². The maximum Gasteiger partial charge on any atom is 0.289 e. The van der Waals surface area contributed by atoms with Crippen molar-refractivity contribution >= 4 is 23.4 Å². The van der Waals surface area contributed by atoms with Crippen LogP contribution >= 0.6 is 11.6 Å². The number of aryl methyl sites for hydroxylation is 1. The van der Waals surface area contributed by atoms with Crippen LogP contribution in [0.4, 0.5) is 0 Å². The number of aromatic nitrogens is 2. The van der Waals surface area contributed by atoms with E-state index in [0.29, 0.717) is 42.6 Å². The molecule has 1 aromatic carbocycles. The molecule has 3 aromatic rings. The lowest BCUT2D eigenvalue weighted by atomic mass is 10.2. The normalized spacial score (nSPS) is 14.1. The number of rotatable bonds is 3. The highest BCUT2D eigenvalue weighted by atomic mass is 35.5. The van der Waals surface area contributed by atoms with E-state index in [4.69, 9.17) is 16.0 Å². The molecule has 1 saturated heterocycles. The second kappa shape index (κ2) is 8.16. The van der Waals surface area contributed by atoms with Crippen LogP contribution < -0.4 is 5.43 Å². The van der Waals surface area contributed by atoms with E-state index in [0.717, 1.165) is 0 Å². The van der Waals surface area contributed by atoms with E-state index >= 15 is 0 Å². The van der Waals surface area contributed by atoms with Crippen LogP contribution in [0.3, 0.4) is 0 Å². The fourth-order valence-electron chi connectivity index (χ4n) is 3.38. The van der Waals surface area contributed by atoms with Gasteiger partial charge >= 0.3 is 0 Å². The minimum absolute atomic E-state index is 0.175. The molecule has 0 spiro atoms. The first-order chi connectivity index (χ1) is 14.5. The van der Waals surface area contributed by atoms with Gasteiger partial charge in [-0.3, -0.25) is 14.4 Å². The molecule has 1 aliphatic rings. The molecule has 4 rings (SSSR count). The number of piperazine rings is 1. The lowest BCUT2D eigenvalue weighted by Crippen LogP contribution is -2.51. The Balaban J connectivity index is 1.54. The smallest absolute Gasteiger partial charge is 0.289 e. The van der Waals surface area contributed by atoms with E-state index < -0.39 is 11.3 Å². The summed E-state index contributed by atoms with van der Waals surface area (Å²) in [7, 11) is 0. The molecule has 8 nitrogen and oxygen atoms in total. The zero-order valence-electron chi connectivity index (χ0n) is 16.2. The Hall–Kier alpha value is -3.39. The number of carbonyl (C=O) groups excluding carboxylic acids is 2. The van der Waals surface area contributed by atoms with Crippen LogP contribution in [0, 0.1) is 6.92 Å². The Kier molecular flexibility index (Phi) is 5.41. The maximum atomic E-state index is 13.0. The summed E-state index contributed by atoms with van der Waals surface area (Å²) in [6, 6.07) is 11.7. The van der Waals surface area contributed by atoms with Crippen molar-refractivity contribution < 1.29 is 14.0 Å². The summed E-state index contributed by atoms with van der Waals surface area (Å²) in [5.41, 5.74) is 0.527. The summed E-state index contributed by atoms with van der Waals surface area (Å²) >= 11 is 6.26. The number of benzene rings is 1. The quantitative estimate of drug-likeness (QED) is 0.641. The predicted octanol–water partition coefficient (Wildman–Crippen LogP) is 2.39. The van der Waals surface area contributed by atoms with E-state index in [-0.39, 0.29) is 17.4 Å². The second-order valence-electron chi connectivity index (χ2n) is 6.92. The van der Waals surface area contributed by atoms with Gasteiger partial charge in [-0.1, -0.05) is 23.7 Å². The number of carbonyl (C=O) groups is 2. The second-order valence-corrected chi connectivity index (χ2v) is 7.33. The van der Waals surface area contributed by atoms with Crippen molar-refractivity contribution in [1.29, 1.82) is 0 Å². The van der Waals surface area contributed by atoms with Crippen molar-refractivity contribution in [2.45, 2.75) is 6.92 Å². The fraction of sp³-hybridized carbons (Fsp3) is 0.238. The molecular formula is C21H19ClN4O4. The lowest BCUT2D eigenvalue weighted by molar-refractivity contribution is 0.0513. The summed E-state index contributed by atoms with van der Waals surface area (Å²) in [4.78, 5) is 41.0. The van der Waals surface area contributed by atoms with Crippen molar-refractivity contribution in [2.24, 2.45) is 0 Å². The molecule has 0 saturated carbocycles. The monoisotopic (exact) mass is 426 g/mol. The third-order valence-corrected chi connectivity index (χ3v) is 5.30. The summed E-state index contributed by atoms with van der Waals surface area (Å²) in [6.45, 7) is 3.01. The fourth-order valence-corrected chi connectivity index (χ4v) is 3.60. The minimum atomic E-state index is -0.467. The topological polar surface area (TPSA) is 88.7 Å². The molecule has 0 atom stereocenters. The molecule has 2 amide bonds. The Labute approximate surface area is 177 Å². The van der Waals surface area contributed by atoms with Crippen LogP contribution in [0.15, 0.2) is 57.9 Å². The Morgan fingerprint density at radius 2 is 1.67 bits per heavy atom. The zero-order valence-corrected chi connectivity index (χ0v) is 17.0. The first-order valence-electron chi connectivity index (χ1n) is 9.43. The van der Waals surface area contributed by atoms with Gasteiger partial charge < -0.3 is 14.2 Å². The van der Waals surface area contributed by atoms with Crippen LogP contribution in [0.5, 0.6) is 0 Å².